The maximum atomic E-state index is 13.3. The van der Waals surface area contributed by atoms with E-state index in [0.29, 0.717) is 32.5 Å². The Bertz CT molecular complexity index is 816. The van der Waals surface area contributed by atoms with E-state index in [2.05, 4.69) is 46.7 Å². The van der Waals surface area contributed by atoms with E-state index in [4.69, 9.17) is 14.2 Å². The number of carbonyl (C=O) groups is 3. The van der Waals surface area contributed by atoms with Crippen LogP contribution >= 0.6 is 21.6 Å². The second-order valence-electron chi connectivity index (χ2n) is 16.1. The van der Waals surface area contributed by atoms with Crippen molar-refractivity contribution in [3.63, 3.8) is 0 Å². The van der Waals surface area contributed by atoms with E-state index in [9.17, 15) is 14.4 Å². The highest BCUT2D eigenvalue weighted by Crippen LogP contribution is 2.22. The number of ether oxygens (including phenoxy) is 3. The smallest absolute Gasteiger partial charge is 0.409 e. The van der Waals surface area contributed by atoms with E-state index >= 15 is 0 Å². The van der Waals surface area contributed by atoms with Gasteiger partial charge >= 0.3 is 18.0 Å². The molecule has 0 fully saturated rings. The minimum Gasteiger partial charge on any atom is -0.462 e. The van der Waals surface area contributed by atoms with Gasteiger partial charge in [-0.25, -0.2) is 4.79 Å². The number of hydrogen-bond donors (Lipinski definition) is 0. The molecule has 0 unspecified atom stereocenters. The summed E-state index contributed by atoms with van der Waals surface area (Å²) in [6.07, 6.45) is 30.0. The first kappa shape index (κ1) is 54.9. The van der Waals surface area contributed by atoms with Crippen LogP contribution < -0.4 is 0 Å². The summed E-state index contributed by atoms with van der Waals surface area (Å²) in [5.41, 5.74) is 0. The van der Waals surface area contributed by atoms with Gasteiger partial charge in [-0.3, -0.25) is 9.59 Å². The lowest BCUT2D eigenvalue weighted by atomic mass is 10.0. The fourth-order valence-electron chi connectivity index (χ4n) is 6.85. The molecule has 10 heteroatoms. The minimum atomic E-state index is -0.376. The van der Waals surface area contributed by atoms with Crippen molar-refractivity contribution in [1.82, 2.24) is 9.80 Å². The molecule has 0 aromatic carbocycles. The minimum absolute atomic E-state index is 0.0207. The maximum Gasteiger partial charge on any atom is 0.409 e. The van der Waals surface area contributed by atoms with Crippen LogP contribution in [0.25, 0.3) is 0 Å². The van der Waals surface area contributed by atoms with Crippen LogP contribution in [0, 0.1) is 0 Å². The SMILES string of the molecule is CCCCCCCC(CCCCCCC)OC(=O)CCCN(CCCC(=O)OC(CCCCCCC)CCCCCCC)C(=O)OCCSSCCCN(C)C. The van der Waals surface area contributed by atoms with Crippen molar-refractivity contribution < 1.29 is 28.6 Å². The average Bonchev–Trinajstić information content (AvgIpc) is 3.17. The molecule has 0 aliphatic rings. The third kappa shape index (κ3) is 37.2. The summed E-state index contributed by atoms with van der Waals surface area (Å²) in [4.78, 5) is 43.3. The zero-order chi connectivity index (χ0) is 41.3. The van der Waals surface area contributed by atoms with Crippen molar-refractivity contribution >= 4 is 39.6 Å². The predicted molar refractivity (Wildman–Crippen MR) is 243 cm³/mol. The molecule has 0 heterocycles. The third-order valence-electron chi connectivity index (χ3n) is 10.3. The Balaban J connectivity index is 5.16. The number of hydrogen-bond acceptors (Lipinski definition) is 9. The molecule has 0 spiro atoms. The third-order valence-corrected chi connectivity index (χ3v) is 12.8. The molecule has 0 bridgehead atoms. The van der Waals surface area contributed by atoms with Gasteiger partial charge in [0.15, 0.2) is 0 Å². The molecule has 0 aliphatic carbocycles. The largest absolute Gasteiger partial charge is 0.462 e. The number of unbranched alkanes of at least 4 members (excludes halogenated alkanes) is 16. The standard InChI is InChI=1S/C46H90N2O6S2/c1-7-11-15-19-23-30-42(31-24-20-16-12-8-2)53-44(49)34-27-37-48(46(51)52-39-41-56-55-40-29-36-47(5)6)38-28-35-45(50)54-43(32-25-21-17-13-9-3)33-26-22-18-14-10-4/h42-43H,7-41H2,1-6H3. The van der Waals surface area contributed by atoms with Gasteiger partial charge in [0, 0.05) is 37.4 Å². The Kier molecular flexibility index (Phi) is 41.2. The van der Waals surface area contributed by atoms with Crippen molar-refractivity contribution in [2.24, 2.45) is 0 Å². The van der Waals surface area contributed by atoms with Crippen molar-refractivity contribution in [1.29, 1.82) is 0 Å². The number of nitrogens with zero attached hydrogens (tertiary/aromatic N) is 2. The lowest BCUT2D eigenvalue weighted by molar-refractivity contribution is -0.150. The summed E-state index contributed by atoms with van der Waals surface area (Å²) in [5, 5.41) is 0. The quantitative estimate of drug-likeness (QED) is 0.0258. The first-order valence-electron chi connectivity index (χ1n) is 23.5. The van der Waals surface area contributed by atoms with E-state index in [-0.39, 0.29) is 43.1 Å². The van der Waals surface area contributed by atoms with E-state index in [1.807, 2.05) is 10.8 Å². The lowest BCUT2D eigenvalue weighted by Gasteiger charge is -2.23. The highest BCUT2D eigenvalue weighted by molar-refractivity contribution is 8.76. The van der Waals surface area contributed by atoms with E-state index in [0.717, 1.165) is 75.8 Å². The summed E-state index contributed by atoms with van der Waals surface area (Å²) >= 11 is 0. The Morgan fingerprint density at radius 2 is 0.839 bits per heavy atom. The zero-order valence-corrected chi connectivity index (χ0v) is 39.2. The fraction of sp³-hybridized carbons (Fsp3) is 0.935. The Morgan fingerprint density at radius 3 is 1.21 bits per heavy atom. The molecule has 1 amide bonds. The molecule has 0 saturated heterocycles. The molecule has 0 atom stereocenters. The Morgan fingerprint density at radius 1 is 0.464 bits per heavy atom. The van der Waals surface area contributed by atoms with Gasteiger partial charge in [-0.1, -0.05) is 152 Å². The average molecular weight is 831 g/mol. The van der Waals surface area contributed by atoms with Crippen LogP contribution in [0.2, 0.25) is 0 Å². The first-order chi connectivity index (χ1) is 27.3. The van der Waals surface area contributed by atoms with Crippen molar-refractivity contribution in [3.8, 4) is 0 Å². The highest BCUT2D eigenvalue weighted by Gasteiger charge is 2.20. The zero-order valence-electron chi connectivity index (χ0n) is 37.6. The number of carbonyl (C=O) groups excluding carboxylic acids is 3. The van der Waals surface area contributed by atoms with Crippen LogP contribution in [-0.4, -0.2) is 91.9 Å². The van der Waals surface area contributed by atoms with Crippen molar-refractivity contribution in [3.05, 3.63) is 0 Å². The van der Waals surface area contributed by atoms with Crippen LogP contribution in [0.4, 0.5) is 4.79 Å². The molecule has 8 nitrogen and oxygen atoms in total. The molecule has 0 rings (SSSR count). The molecule has 0 aromatic rings. The molecule has 0 N–H and O–H groups in total. The maximum absolute atomic E-state index is 13.3. The van der Waals surface area contributed by atoms with Gasteiger partial charge in [0.1, 0.15) is 18.8 Å². The Hall–Kier alpha value is -1.13. The normalized spacial score (nSPS) is 11.5. The Labute approximate surface area is 354 Å². The van der Waals surface area contributed by atoms with Gasteiger partial charge < -0.3 is 24.0 Å². The molecule has 0 aliphatic heterocycles. The van der Waals surface area contributed by atoms with Crippen molar-refractivity contribution in [2.45, 2.75) is 226 Å². The monoisotopic (exact) mass is 831 g/mol. The van der Waals surface area contributed by atoms with Gasteiger partial charge in [-0.15, -0.1) is 0 Å². The molecular formula is C46H90N2O6S2. The first-order valence-corrected chi connectivity index (χ1v) is 26.0. The fourth-order valence-corrected chi connectivity index (χ4v) is 8.75. The second kappa shape index (κ2) is 42.0. The van der Waals surface area contributed by atoms with Gasteiger partial charge in [0.2, 0.25) is 0 Å². The van der Waals surface area contributed by atoms with Crippen molar-refractivity contribution in [2.75, 3.05) is 51.8 Å². The number of esters is 2. The molecule has 0 aromatic heterocycles. The summed E-state index contributed by atoms with van der Waals surface area (Å²) in [5.74, 6) is 1.44. The van der Waals surface area contributed by atoms with Gasteiger partial charge in [0.25, 0.3) is 0 Å². The van der Waals surface area contributed by atoms with Crippen LogP contribution in [0.15, 0.2) is 0 Å². The highest BCUT2D eigenvalue weighted by atomic mass is 33.1. The molecule has 332 valence electrons. The van der Waals surface area contributed by atoms with E-state index in [1.165, 1.54) is 103 Å². The molecular weight excluding hydrogens is 741 g/mol. The van der Waals surface area contributed by atoms with Gasteiger partial charge in [-0.05, 0) is 91.3 Å². The van der Waals surface area contributed by atoms with Crippen LogP contribution in [0.1, 0.15) is 214 Å². The van der Waals surface area contributed by atoms with E-state index in [1.54, 1.807) is 15.7 Å². The lowest BCUT2D eigenvalue weighted by Crippen LogP contribution is -2.34. The molecule has 56 heavy (non-hydrogen) atoms. The van der Waals surface area contributed by atoms with E-state index < -0.39 is 0 Å². The van der Waals surface area contributed by atoms with Crippen LogP contribution in [0.3, 0.4) is 0 Å². The summed E-state index contributed by atoms with van der Waals surface area (Å²) < 4.78 is 17.8. The topological polar surface area (TPSA) is 85.4 Å². The summed E-state index contributed by atoms with van der Waals surface area (Å²) in [7, 11) is 7.71. The number of amides is 1. The van der Waals surface area contributed by atoms with Gasteiger partial charge in [0.05, 0.1) is 0 Å². The molecule has 0 radical (unpaired) electrons. The van der Waals surface area contributed by atoms with Crippen LogP contribution in [0.5, 0.6) is 0 Å². The van der Waals surface area contributed by atoms with Crippen LogP contribution in [-0.2, 0) is 23.8 Å². The number of rotatable bonds is 42. The summed E-state index contributed by atoms with van der Waals surface area (Å²) in [6.45, 7) is 11.1. The molecule has 0 saturated carbocycles. The second-order valence-corrected chi connectivity index (χ2v) is 18.8. The van der Waals surface area contributed by atoms with Gasteiger partial charge in [-0.2, -0.15) is 0 Å². The summed E-state index contributed by atoms with van der Waals surface area (Å²) in [6, 6.07) is 0. The predicted octanol–water partition coefficient (Wildman–Crippen LogP) is 13.6.